The molecule has 0 saturated heterocycles. The molecule has 10 heteroatoms. The van der Waals surface area contributed by atoms with Gasteiger partial charge < -0.3 is 15.4 Å². The number of nitrogens with one attached hydrogen (secondary N) is 2. The molecule has 1 aromatic heterocycles. The van der Waals surface area contributed by atoms with Crippen molar-refractivity contribution in [3.8, 4) is 0 Å². The molecule has 0 spiro atoms. The van der Waals surface area contributed by atoms with Crippen molar-refractivity contribution >= 4 is 28.2 Å². The number of ether oxygens (including phenoxy) is 1. The van der Waals surface area contributed by atoms with E-state index in [4.69, 9.17) is 4.74 Å². The van der Waals surface area contributed by atoms with Crippen molar-refractivity contribution in [1.82, 2.24) is 5.32 Å². The van der Waals surface area contributed by atoms with Crippen LogP contribution in [0.3, 0.4) is 0 Å². The van der Waals surface area contributed by atoms with Crippen LogP contribution in [0.4, 0.5) is 22.6 Å². The fourth-order valence-corrected chi connectivity index (χ4v) is 4.15. The molecule has 1 aliphatic rings. The van der Waals surface area contributed by atoms with Crippen LogP contribution in [-0.4, -0.2) is 25.0 Å². The molecule has 2 aromatic rings. The van der Waals surface area contributed by atoms with Gasteiger partial charge in [-0.15, -0.1) is 11.3 Å². The van der Waals surface area contributed by atoms with E-state index < -0.39 is 46.3 Å². The zero-order valence-corrected chi connectivity index (χ0v) is 15.8. The molecule has 0 aliphatic carbocycles. The predicted molar refractivity (Wildman–Crippen MR) is 94.7 cm³/mol. The molecule has 3 rings (SSSR count). The fraction of sp³-hybridized carbons (Fsp3) is 0.333. The molecule has 150 valence electrons. The number of benzene rings is 1. The Bertz CT molecular complexity index is 945. The number of anilines is 1. The first-order chi connectivity index (χ1) is 13.3. The Hall–Kier alpha value is -2.46. The number of hydrogen-bond donors (Lipinski definition) is 2. The molecule has 0 unspecified atom stereocenters. The second-order valence-corrected chi connectivity index (χ2v) is 7.17. The van der Waals surface area contributed by atoms with E-state index in [1.807, 2.05) is 0 Å². The van der Waals surface area contributed by atoms with Gasteiger partial charge in [0.25, 0.3) is 5.91 Å². The van der Waals surface area contributed by atoms with Crippen LogP contribution in [0.25, 0.3) is 0 Å². The lowest BCUT2D eigenvalue weighted by Crippen LogP contribution is -2.24. The third kappa shape index (κ3) is 3.37. The molecule has 0 atom stereocenters. The molecule has 1 amide bonds. The number of halogens is 4. The van der Waals surface area contributed by atoms with Crippen LogP contribution < -0.4 is 10.6 Å². The van der Waals surface area contributed by atoms with E-state index in [2.05, 4.69) is 10.6 Å². The molecule has 5 nitrogen and oxygen atoms in total. The highest BCUT2D eigenvalue weighted by molar-refractivity contribution is 7.17. The molecule has 1 aromatic carbocycles. The number of hydrogen-bond acceptors (Lipinski definition) is 5. The molecular weight excluding hydrogens is 400 g/mol. The van der Waals surface area contributed by atoms with Crippen molar-refractivity contribution in [2.24, 2.45) is 0 Å². The summed E-state index contributed by atoms with van der Waals surface area (Å²) in [5.41, 5.74) is -1.50. The second kappa shape index (κ2) is 7.88. The summed E-state index contributed by atoms with van der Waals surface area (Å²) in [5.74, 6) is -8.98. The lowest BCUT2D eigenvalue weighted by Gasteiger charge is -2.14. The topological polar surface area (TPSA) is 67.4 Å². The van der Waals surface area contributed by atoms with Gasteiger partial charge in [-0.1, -0.05) is 0 Å². The van der Waals surface area contributed by atoms with Gasteiger partial charge in [0.15, 0.2) is 23.3 Å². The van der Waals surface area contributed by atoms with Gasteiger partial charge in [-0.3, -0.25) is 4.79 Å². The van der Waals surface area contributed by atoms with E-state index in [-0.39, 0.29) is 17.2 Å². The molecule has 1 aliphatic heterocycles. The van der Waals surface area contributed by atoms with Crippen molar-refractivity contribution < 1.29 is 31.9 Å². The quantitative estimate of drug-likeness (QED) is 0.453. The maximum atomic E-state index is 14.1. The minimum Gasteiger partial charge on any atom is -0.462 e. The smallest absolute Gasteiger partial charge is 0.341 e. The summed E-state index contributed by atoms with van der Waals surface area (Å²) in [6, 6.07) is 0. The summed E-state index contributed by atoms with van der Waals surface area (Å²) in [6.45, 7) is 3.60. The molecule has 2 heterocycles. The van der Waals surface area contributed by atoms with Crippen molar-refractivity contribution in [2.45, 2.75) is 26.8 Å². The highest BCUT2D eigenvalue weighted by Crippen LogP contribution is 2.36. The first-order valence-electron chi connectivity index (χ1n) is 8.44. The first-order valence-corrected chi connectivity index (χ1v) is 9.25. The van der Waals surface area contributed by atoms with Crippen LogP contribution in [0.15, 0.2) is 0 Å². The molecule has 0 radical (unpaired) electrons. The van der Waals surface area contributed by atoms with Crippen LogP contribution >= 0.6 is 11.3 Å². The summed E-state index contributed by atoms with van der Waals surface area (Å²) >= 11 is 1.03. The Morgan fingerprint density at radius 3 is 2.36 bits per heavy atom. The van der Waals surface area contributed by atoms with Gasteiger partial charge in [-0.25, -0.2) is 22.4 Å². The molecule has 2 N–H and O–H groups in total. The maximum Gasteiger partial charge on any atom is 0.341 e. The normalized spacial score (nSPS) is 13.2. The van der Waals surface area contributed by atoms with Crippen LogP contribution in [0, 0.1) is 30.2 Å². The SMILES string of the molecule is CCOC(=O)c1c(NC(=O)c2c(F)c(F)c(C)c(F)c2F)sc2c1CCNC2. The molecule has 0 fully saturated rings. The van der Waals surface area contributed by atoms with Gasteiger partial charge in [-0.2, -0.15) is 0 Å². The van der Waals surface area contributed by atoms with Crippen LogP contribution in [0.5, 0.6) is 0 Å². The Morgan fingerprint density at radius 1 is 1.11 bits per heavy atom. The second-order valence-electron chi connectivity index (χ2n) is 6.07. The summed E-state index contributed by atoms with van der Waals surface area (Å²) in [6.07, 6.45) is 0.492. The van der Waals surface area contributed by atoms with Crippen LogP contribution in [0.1, 0.15) is 43.6 Å². The predicted octanol–water partition coefficient (Wildman–Crippen LogP) is 3.69. The number of fused-ring (bicyclic) bond motifs is 1. The maximum absolute atomic E-state index is 14.1. The monoisotopic (exact) mass is 416 g/mol. The van der Waals surface area contributed by atoms with Gasteiger partial charge >= 0.3 is 5.97 Å². The Labute approximate surface area is 161 Å². The zero-order valence-electron chi connectivity index (χ0n) is 15.0. The molecule has 0 bridgehead atoms. The summed E-state index contributed by atoms with van der Waals surface area (Å²) in [7, 11) is 0. The van der Waals surface area contributed by atoms with E-state index in [1.165, 1.54) is 0 Å². The van der Waals surface area contributed by atoms with Crippen molar-refractivity contribution in [2.75, 3.05) is 18.5 Å². The lowest BCUT2D eigenvalue weighted by atomic mass is 10.0. The fourth-order valence-electron chi connectivity index (χ4n) is 2.95. The van der Waals surface area contributed by atoms with Crippen molar-refractivity contribution in [3.63, 3.8) is 0 Å². The first kappa shape index (κ1) is 20.3. The Balaban J connectivity index is 2.04. The number of amides is 1. The Morgan fingerprint density at radius 2 is 1.75 bits per heavy atom. The Kier molecular flexibility index (Phi) is 5.71. The van der Waals surface area contributed by atoms with E-state index >= 15 is 0 Å². The minimum atomic E-state index is -1.80. The van der Waals surface area contributed by atoms with E-state index in [9.17, 15) is 27.2 Å². The number of carbonyl (C=O) groups excluding carboxylic acids is 2. The van der Waals surface area contributed by atoms with E-state index in [0.29, 0.717) is 25.1 Å². The van der Waals surface area contributed by atoms with Crippen LogP contribution in [-0.2, 0) is 17.7 Å². The average Bonchev–Trinajstić information content (AvgIpc) is 3.03. The van der Waals surface area contributed by atoms with Gasteiger partial charge in [0.1, 0.15) is 10.6 Å². The number of thiophene rings is 1. The van der Waals surface area contributed by atoms with Crippen molar-refractivity contribution in [3.05, 3.63) is 50.4 Å². The van der Waals surface area contributed by atoms with Crippen molar-refractivity contribution in [1.29, 1.82) is 0 Å². The molecular formula is C18H16F4N2O3S. The third-order valence-electron chi connectivity index (χ3n) is 4.34. The largest absolute Gasteiger partial charge is 0.462 e. The number of esters is 1. The third-order valence-corrected chi connectivity index (χ3v) is 5.49. The molecule has 0 saturated carbocycles. The zero-order chi connectivity index (χ0) is 20.6. The minimum absolute atomic E-state index is 0.0114. The van der Waals surface area contributed by atoms with Gasteiger partial charge in [0, 0.05) is 17.0 Å². The van der Waals surface area contributed by atoms with E-state index in [1.54, 1.807) is 6.92 Å². The molecule has 28 heavy (non-hydrogen) atoms. The number of rotatable bonds is 4. The van der Waals surface area contributed by atoms with Gasteiger partial charge in [0.2, 0.25) is 0 Å². The number of carbonyl (C=O) groups is 2. The highest BCUT2D eigenvalue weighted by atomic mass is 32.1. The van der Waals surface area contributed by atoms with Crippen LogP contribution in [0.2, 0.25) is 0 Å². The van der Waals surface area contributed by atoms with Gasteiger partial charge in [0.05, 0.1) is 12.2 Å². The summed E-state index contributed by atoms with van der Waals surface area (Å²) < 4.78 is 60.8. The summed E-state index contributed by atoms with van der Waals surface area (Å²) in [5, 5.41) is 5.33. The lowest BCUT2D eigenvalue weighted by molar-refractivity contribution is 0.0526. The summed E-state index contributed by atoms with van der Waals surface area (Å²) in [4.78, 5) is 25.5. The standard InChI is InChI=1S/C18H16F4N2O3S/c1-3-27-18(26)10-8-4-5-23-6-9(8)28-17(10)24-16(25)11-14(21)12(19)7(2)13(20)15(11)22/h23H,3-6H2,1-2H3,(H,24,25). The van der Waals surface area contributed by atoms with Gasteiger partial charge in [-0.05, 0) is 32.4 Å². The van der Waals surface area contributed by atoms with E-state index in [0.717, 1.165) is 23.1 Å². The highest BCUT2D eigenvalue weighted by Gasteiger charge is 2.31. The average molecular weight is 416 g/mol.